The zero-order valence-electron chi connectivity index (χ0n) is 18.4. The van der Waals surface area contributed by atoms with Gasteiger partial charge in [0.05, 0.1) is 19.4 Å². The molecule has 4 rings (SSSR count). The van der Waals surface area contributed by atoms with Crippen LogP contribution in [0.25, 0.3) is 22.2 Å². The molecule has 0 aliphatic carbocycles. The smallest absolute Gasteiger partial charge is 0.145 e. The van der Waals surface area contributed by atoms with Gasteiger partial charge in [-0.2, -0.15) is 0 Å². The molecule has 0 radical (unpaired) electrons. The van der Waals surface area contributed by atoms with Gasteiger partial charge in [-0.15, -0.1) is 0 Å². The van der Waals surface area contributed by atoms with Crippen molar-refractivity contribution >= 4 is 10.9 Å². The van der Waals surface area contributed by atoms with Gasteiger partial charge in [0, 0.05) is 49.7 Å². The van der Waals surface area contributed by atoms with Gasteiger partial charge in [0.2, 0.25) is 0 Å². The number of hydrogen-bond acceptors (Lipinski definition) is 6. The van der Waals surface area contributed by atoms with Crippen LogP contribution >= 0.6 is 0 Å². The van der Waals surface area contributed by atoms with Crippen LogP contribution in [0.1, 0.15) is 13.3 Å². The summed E-state index contributed by atoms with van der Waals surface area (Å²) in [4.78, 5) is 7.33. The van der Waals surface area contributed by atoms with Crippen molar-refractivity contribution in [2.75, 3.05) is 53.0 Å². The second-order valence-electron chi connectivity index (χ2n) is 7.68. The number of pyridine rings is 1. The first-order valence-corrected chi connectivity index (χ1v) is 11.1. The van der Waals surface area contributed by atoms with Gasteiger partial charge >= 0.3 is 0 Å². The van der Waals surface area contributed by atoms with E-state index >= 15 is 0 Å². The summed E-state index contributed by atoms with van der Waals surface area (Å²) >= 11 is 0. The number of rotatable bonds is 9. The van der Waals surface area contributed by atoms with Gasteiger partial charge in [0.1, 0.15) is 29.4 Å². The first-order chi connectivity index (χ1) is 15.3. The highest BCUT2D eigenvalue weighted by Crippen LogP contribution is 2.35. The van der Waals surface area contributed by atoms with E-state index in [-0.39, 0.29) is 0 Å². The summed E-state index contributed by atoms with van der Waals surface area (Å²) in [6.45, 7) is 8.57. The SMILES string of the molecule is CCCOc1ccc(-c2cc(OCCN3CCNCC3)c3cccc(OC)c3n2)cc1. The average Bonchev–Trinajstić information content (AvgIpc) is 2.83. The summed E-state index contributed by atoms with van der Waals surface area (Å²) in [6, 6.07) is 16.0. The predicted molar refractivity (Wildman–Crippen MR) is 124 cm³/mol. The lowest BCUT2D eigenvalue weighted by Crippen LogP contribution is -2.44. The van der Waals surface area contributed by atoms with Crippen LogP contribution in [0.4, 0.5) is 0 Å². The fraction of sp³-hybridized carbons (Fsp3) is 0.400. The number of methoxy groups -OCH3 is 1. The predicted octanol–water partition coefficient (Wildman–Crippen LogP) is 3.98. The van der Waals surface area contributed by atoms with Crippen LogP contribution in [0.3, 0.4) is 0 Å². The van der Waals surface area contributed by atoms with Crippen molar-refractivity contribution in [3.63, 3.8) is 0 Å². The molecule has 0 atom stereocenters. The summed E-state index contributed by atoms with van der Waals surface area (Å²) in [7, 11) is 1.67. The maximum atomic E-state index is 6.28. The quantitative estimate of drug-likeness (QED) is 0.564. The molecule has 6 heteroatoms. The molecule has 0 bridgehead atoms. The van der Waals surface area contributed by atoms with E-state index in [0.717, 1.165) is 85.2 Å². The molecule has 0 amide bonds. The highest BCUT2D eigenvalue weighted by atomic mass is 16.5. The average molecular weight is 422 g/mol. The number of hydrogen-bond donors (Lipinski definition) is 1. The number of nitrogens with zero attached hydrogens (tertiary/aromatic N) is 2. The minimum atomic E-state index is 0.638. The lowest BCUT2D eigenvalue weighted by atomic mass is 10.1. The number of para-hydroxylation sites is 1. The van der Waals surface area contributed by atoms with E-state index in [2.05, 4.69) is 17.1 Å². The fourth-order valence-electron chi connectivity index (χ4n) is 3.78. The molecule has 1 N–H and O–H groups in total. The summed E-state index contributed by atoms with van der Waals surface area (Å²) in [5.74, 6) is 2.45. The lowest BCUT2D eigenvalue weighted by Gasteiger charge is -2.27. The molecule has 2 heterocycles. The molecule has 1 saturated heterocycles. The largest absolute Gasteiger partial charge is 0.494 e. The highest BCUT2D eigenvalue weighted by Gasteiger charge is 2.14. The van der Waals surface area contributed by atoms with E-state index in [1.165, 1.54) is 0 Å². The first-order valence-electron chi connectivity index (χ1n) is 11.1. The van der Waals surface area contributed by atoms with Crippen molar-refractivity contribution in [3.8, 4) is 28.5 Å². The van der Waals surface area contributed by atoms with Gasteiger partial charge in [0.25, 0.3) is 0 Å². The summed E-state index contributed by atoms with van der Waals surface area (Å²) < 4.78 is 17.6. The number of piperazine rings is 1. The van der Waals surface area contributed by atoms with E-state index in [1.807, 2.05) is 48.5 Å². The topological polar surface area (TPSA) is 55.9 Å². The Kier molecular flexibility index (Phi) is 7.22. The summed E-state index contributed by atoms with van der Waals surface area (Å²) in [5, 5.41) is 4.35. The van der Waals surface area contributed by atoms with Crippen LogP contribution in [0, 0.1) is 0 Å². The molecular weight excluding hydrogens is 390 g/mol. The Morgan fingerprint density at radius 3 is 2.52 bits per heavy atom. The molecule has 0 spiro atoms. The molecule has 1 aromatic heterocycles. The molecule has 3 aromatic rings. The van der Waals surface area contributed by atoms with Gasteiger partial charge in [-0.05, 0) is 42.8 Å². The number of ether oxygens (including phenoxy) is 3. The van der Waals surface area contributed by atoms with Crippen LogP contribution in [-0.4, -0.2) is 62.9 Å². The molecule has 0 unspecified atom stereocenters. The van der Waals surface area contributed by atoms with Crippen LogP contribution in [0.5, 0.6) is 17.2 Å². The first kappa shape index (κ1) is 21.4. The number of benzene rings is 2. The Morgan fingerprint density at radius 1 is 0.968 bits per heavy atom. The van der Waals surface area contributed by atoms with Crippen LogP contribution in [0.2, 0.25) is 0 Å². The fourth-order valence-corrected chi connectivity index (χ4v) is 3.78. The minimum absolute atomic E-state index is 0.638. The molecule has 1 aliphatic heterocycles. The van der Waals surface area contributed by atoms with Crippen LogP contribution < -0.4 is 19.5 Å². The normalized spacial score (nSPS) is 14.5. The lowest BCUT2D eigenvalue weighted by molar-refractivity contribution is 0.192. The molecular formula is C25H31N3O3. The molecule has 6 nitrogen and oxygen atoms in total. The van der Waals surface area contributed by atoms with Gasteiger partial charge in [-0.25, -0.2) is 4.98 Å². The summed E-state index contributed by atoms with van der Waals surface area (Å²) in [6.07, 6.45) is 0.989. The molecule has 0 saturated carbocycles. The molecule has 1 fully saturated rings. The van der Waals surface area contributed by atoms with Gasteiger partial charge in [-0.3, -0.25) is 4.90 Å². The Bertz CT molecular complexity index is 985. The molecule has 164 valence electrons. The Hall–Kier alpha value is -2.83. The van der Waals surface area contributed by atoms with Crippen molar-refractivity contribution in [1.29, 1.82) is 0 Å². The number of fused-ring (bicyclic) bond motifs is 1. The summed E-state index contributed by atoms with van der Waals surface area (Å²) in [5.41, 5.74) is 2.69. The second-order valence-corrected chi connectivity index (χ2v) is 7.68. The third kappa shape index (κ3) is 5.27. The molecule has 1 aliphatic rings. The number of aromatic nitrogens is 1. The Morgan fingerprint density at radius 2 is 1.77 bits per heavy atom. The Balaban J connectivity index is 1.61. The van der Waals surface area contributed by atoms with E-state index in [1.54, 1.807) is 7.11 Å². The van der Waals surface area contributed by atoms with Gasteiger partial charge in [0.15, 0.2) is 0 Å². The van der Waals surface area contributed by atoms with E-state index in [0.29, 0.717) is 6.61 Å². The van der Waals surface area contributed by atoms with E-state index in [4.69, 9.17) is 19.2 Å². The van der Waals surface area contributed by atoms with Crippen molar-refractivity contribution in [3.05, 3.63) is 48.5 Å². The zero-order valence-corrected chi connectivity index (χ0v) is 18.4. The molecule has 31 heavy (non-hydrogen) atoms. The second kappa shape index (κ2) is 10.5. The third-order valence-corrected chi connectivity index (χ3v) is 5.48. The van der Waals surface area contributed by atoms with Gasteiger partial charge in [-0.1, -0.05) is 13.0 Å². The van der Waals surface area contributed by atoms with Crippen LogP contribution in [-0.2, 0) is 0 Å². The molecule has 2 aromatic carbocycles. The zero-order chi connectivity index (χ0) is 21.5. The maximum Gasteiger partial charge on any atom is 0.145 e. The monoisotopic (exact) mass is 421 g/mol. The minimum Gasteiger partial charge on any atom is -0.494 e. The highest BCUT2D eigenvalue weighted by molar-refractivity contribution is 5.92. The van der Waals surface area contributed by atoms with Crippen molar-refractivity contribution in [2.24, 2.45) is 0 Å². The van der Waals surface area contributed by atoms with Gasteiger partial charge < -0.3 is 19.5 Å². The van der Waals surface area contributed by atoms with Crippen LogP contribution in [0.15, 0.2) is 48.5 Å². The van der Waals surface area contributed by atoms with E-state index in [9.17, 15) is 0 Å². The Labute approximate surface area is 184 Å². The van der Waals surface area contributed by atoms with E-state index < -0.39 is 0 Å². The van der Waals surface area contributed by atoms with Crippen molar-refractivity contribution in [2.45, 2.75) is 13.3 Å². The van der Waals surface area contributed by atoms with Crippen molar-refractivity contribution in [1.82, 2.24) is 15.2 Å². The third-order valence-electron chi connectivity index (χ3n) is 5.48. The van der Waals surface area contributed by atoms with Crippen molar-refractivity contribution < 1.29 is 14.2 Å². The maximum absolute atomic E-state index is 6.28. The standard InChI is InChI=1S/C25H31N3O3/c1-3-16-30-20-9-7-19(8-10-20)22-18-24(31-17-15-28-13-11-26-12-14-28)21-5-4-6-23(29-2)25(21)27-22/h4-10,18,26H,3,11-17H2,1-2H3. The number of nitrogens with one attached hydrogen (secondary N) is 1.